The Labute approximate surface area is 114 Å². The molecule has 3 rings (SSSR count). The number of halogens is 3. The number of Topliss-reactive ketones (excluding diaryl/α,β-unsaturated/α-hetero) is 1. The number of ketones is 1. The summed E-state index contributed by atoms with van der Waals surface area (Å²) >= 11 is 0. The van der Waals surface area contributed by atoms with Crippen LogP contribution in [0.4, 0.5) is 13.2 Å². The van der Waals surface area contributed by atoms with E-state index in [0.29, 0.717) is 0 Å². The molecule has 0 N–H and O–H groups in total. The summed E-state index contributed by atoms with van der Waals surface area (Å²) in [6, 6.07) is 9.28. The van der Waals surface area contributed by atoms with Crippen molar-refractivity contribution in [1.82, 2.24) is 0 Å². The molecular weight excluding hydrogens is 265 g/mol. The molecule has 2 aromatic rings. The number of hydrogen-bond donors (Lipinski definition) is 0. The van der Waals surface area contributed by atoms with Crippen LogP contribution in [-0.4, -0.2) is 5.78 Å². The molecular formula is C16H11F3O. The van der Waals surface area contributed by atoms with E-state index in [9.17, 15) is 18.0 Å². The van der Waals surface area contributed by atoms with Crippen LogP contribution < -0.4 is 0 Å². The van der Waals surface area contributed by atoms with E-state index in [1.165, 1.54) is 5.56 Å². The molecule has 0 aromatic heterocycles. The van der Waals surface area contributed by atoms with Gasteiger partial charge in [-0.3, -0.25) is 4.79 Å². The monoisotopic (exact) mass is 276 g/mol. The van der Waals surface area contributed by atoms with Gasteiger partial charge in [-0.05, 0) is 35.6 Å². The lowest BCUT2D eigenvalue weighted by atomic mass is 9.74. The SMILES string of the molecule is O=C(CC1Cc2ccccc21)c1cc(F)c(F)c(F)c1. The first-order chi connectivity index (χ1) is 9.56. The molecule has 2 aromatic carbocycles. The van der Waals surface area contributed by atoms with Gasteiger partial charge in [-0.15, -0.1) is 0 Å². The molecule has 1 atom stereocenters. The molecule has 1 nitrogen and oxygen atoms in total. The second-order valence-electron chi connectivity index (χ2n) is 4.98. The molecule has 0 heterocycles. The first-order valence-corrected chi connectivity index (χ1v) is 6.32. The molecule has 102 valence electrons. The quantitative estimate of drug-likeness (QED) is 0.611. The van der Waals surface area contributed by atoms with Crippen molar-refractivity contribution in [3.63, 3.8) is 0 Å². The number of hydrogen-bond acceptors (Lipinski definition) is 1. The van der Waals surface area contributed by atoms with Crippen LogP contribution in [-0.2, 0) is 6.42 Å². The first kappa shape index (κ1) is 12.9. The van der Waals surface area contributed by atoms with Gasteiger partial charge in [0, 0.05) is 12.0 Å². The highest BCUT2D eigenvalue weighted by Gasteiger charge is 2.28. The van der Waals surface area contributed by atoms with Crippen molar-refractivity contribution in [1.29, 1.82) is 0 Å². The summed E-state index contributed by atoms with van der Waals surface area (Å²) in [7, 11) is 0. The minimum Gasteiger partial charge on any atom is -0.294 e. The lowest BCUT2D eigenvalue weighted by Crippen LogP contribution is -2.20. The second kappa shape index (κ2) is 4.78. The lowest BCUT2D eigenvalue weighted by Gasteiger charge is -2.29. The highest BCUT2D eigenvalue weighted by Crippen LogP contribution is 2.38. The zero-order chi connectivity index (χ0) is 14.3. The molecule has 0 aliphatic heterocycles. The minimum absolute atomic E-state index is 0.0786. The molecule has 0 saturated heterocycles. The Morgan fingerprint density at radius 2 is 1.75 bits per heavy atom. The van der Waals surface area contributed by atoms with Crippen LogP contribution in [0.25, 0.3) is 0 Å². The van der Waals surface area contributed by atoms with E-state index in [1.54, 1.807) is 0 Å². The molecule has 0 spiro atoms. The normalized spacial score (nSPS) is 16.4. The van der Waals surface area contributed by atoms with Crippen molar-refractivity contribution >= 4 is 5.78 Å². The standard InChI is InChI=1S/C16H11F3O/c17-13-6-11(7-14(18)16(13)19)15(20)8-10-5-9-3-1-2-4-12(9)10/h1-4,6-7,10H,5,8H2. The predicted molar refractivity (Wildman–Crippen MR) is 68.2 cm³/mol. The van der Waals surface area contributed by atoms with Crippen LogP contribution in [0.1, 0.15) is 33.8 Å². The van der Waals surface area contributed by atoms with E-state index in [4.69, 9.17) is 0 Å². The maximum atomic E-state index is 13.1. The molecule has 20 heavy (non-hydrogen) atoms. The summed E-state index contributed by atoms with van der Waals surface area (Å²) in [5.41, 5.74) is 2.18. The van der Waals surface area contributed by atoms with Gasteiger partial charge in [0.2, 0.25) is 0 Å². The highest BCUT2D eigenvalue weighted by atomic mass is 19.2. The smallest absolute Gasteiger partial charge is 0.194 e. The Morgan fingerprint density at radius 3 is 2.40 bits per heavy atom. The number of carbonyl (C=O) groups excluding carboxylic acids is 1. The van der Waals surface area contributed by atoms with Crippen molar-refractivity contribution in [2.24, 2.45) is 0 Å². The van der Waals surface area contributed by atoms with Gasteiger partial charge in [0.1, 0.15) is 0 Å². The van der Waals surface area contributed by atoms with E-state index in [1.807, 2.05) is 24.3 Å². The second-order valence-corrected chi connectivity index (χ2v) is 4.98. The van der Waals surface area contributed by atoms with Gasteiger partial charge in [0.05, 0.1) is 0 Å². The van der Waals surface area contributed by atoms with Crippen LogP contribution in [0, 0.1) is 17.5 Å². The van der Waals surface area contributed by atoms with E-state index in [0.717, 1.165) is 24.1 Å². The van der Waals surface area contributed by atoms with Crippen LogP contribution in [0.2, 0.25) is 0 Å². The summed E-state index contributed by atoms with van der Waals surface area (Å²) in [5, 5.41) is 0. The fourth-order valence-corrected chi connectivity index (χ4v) is 2.60. The van der Waals surface area contributed by atoms with E-state index in [2.05, 4.69) is 0 Å². The number of fused-ring (bicyclic) bond motifs is 1. The Morgan fingerprint density at radius 1 is 1.10 bits per heavy atom. The molecule has 1 unspecified atom stereocenters. The Kier molecular flexibility index (Phi) is 3.08. The van der Waals surface area contributed by atoms with Crippen molar-refractivity contribution in [2.75, 3.05) is 0 Å². The zero-order valence-electron chi connectivity index (χ0n) is 10.5. The Bertz CT molecular complexity index is 671. The van der Waals surface area contributed by atoms with Crippen LogP contribution in [0.15, 0.2) is 36.4 Å². The Hall–Kier alpha value is -2.10. The van der Waals surface area contributed by atoms with Crippen LogP contribution in [0.3, 0.4) is 0 Å². The van der Waals surface area contributed by atoms with Crippen molar-refractivity contribution in [2.45, 2.75) is 18.8 Å². The van der Waals surface area contributed by atoms with E-state index < -0.39 is 17.5 Å². The number of carbonyl (C=O) groups is 1. The van der Waals surface area contributed by atoms with Gasteiger partial charge in [-0.2, -0.15) is 0 Å². The summed E-state index contributed by atoms with van der Waals surface area (Å²) in [6.45, 7) is 0. The lowest BCUT2D eigenvalue weighted by molar-refractivity contribution is 0.0969. The summed E-state index contributed by atoms with van der Waals surface area (Å²) < 4.78 is 39.1. The molecule has 1 aliphatic rings. The molecule has 0 amide bonds. The third-order valence-corrected chi connectivity index (χ3v) is 3.70. The number of rotatable bonds is 3. The zero-order valence-corrected chi connectivity index (χ0v) is 10.5. The third kappa shape index (κ3) is 2.11. The fourth-order valence-electron chi connectivity index (χ4n) is 2.60. The molecule has 0 fully saturated rings. The maximum Gasteiger partial charge on any atom is 0.194 e. The minimum atomic E-state index is -1.55. The molecule has 4 heteroatoms. The topological polar surface area (TPSA) is 17.1 Å². The average Bonchev–Trinajstić information content (AvgIpc) is 2.41. The first-order valence-electron chi connectivity index (χ1n) is 6.32. The summed E-state index contributed by atoms with van der Waals surface area (Å²) in [4.78, 5) is 12.0. The Balaban J connectivity index is 1.79. The van der Waals surface area contributed by atoms with E-state index >= 15 is 0 Å². The fraction of sp³-hybridized carbons (Fsp3) is 0.188. The van der Waals surface area contributed by atoms with Crippen LogP contribution in [0.5, 0.6) is 0 Å². The molecule has 1 aliphatic carbocycles. The molecule has 0 radical (unpaired) electrons. The third-order valence-electron chi connectivity index (χ3n) is 3.70. The van der Waals surface area contributed by atoms with E-state index in [-0.39, 0.29) is 23.7 Å². The summed E-state index contributed by atoms with van der Waals surface area (Å²) in [6.07, 6.45) is 0.968. The van der Waals surface area contributed by atoms with Crippen molar-refractivity contribution in [3.05, 3.63) is 70.5 Å². The van der Waals surface area contributed by atoms with Gasteiger partial charge >= 0.3 is 0 Å². The number of benzene rings is 2. The van der Waals surface area contributed by atoms with Crippen molar-refractivity contribution < 1.29 is 18.0 Å². The molecule has 0 bridgehead atoms. The summed E-state index contributed by atoms with van der Waals surface area (Å²) in [5.74, 6) is -4.50. The van der Waals surface area contributed by atoms with Crippen molar-refractivity contribution in [3.8, 4) is 0 Å². The van der Waals surface area contributed by atoms with Gasteiger partial charge in [0.25, 0.3) is 0 Å². The predicted octanol–water partition coefficient (Wildman–Crippen LogP) is 4.02. The largest absolute Gasteiger partial charge is 0.294 e. The van der Waals surface area contributed by atoms with Gasteiger partial charge in [-0.1, -0.05) is 24.3 Å². The molecule has 0 saturated carbocycles. The van der Waals surface area contributed by atoms with Gasteiger partial charge in [0.15, 0.2) is 23.2 Å². The van der Waals surface area contributed by atoms with Gasteiger partial charge in [-0.25, -0.2) is 13.2 Å². The maximum absolute atomic E-state index is 13.1. The van der Waals surface area contributed by atoms with Crippen LogP contribution >= 0.6 is 0 Å². The average molecular weight is 276 g/mol. The van der Waals surface area contributed by atoms with Gasteiger partial charge < -0.3 is 0 Å². The highest BCUT2D eigenvalue weighted by molar-refractivity contribution is 5.96.